The third kappa shape index (κ3) is 3.46. The van der Waals surface area contributed by atoms with E-state index in [4.69, 9.17) is 0 Å². The van der Waals surface area contributed by atoms with Gasteiger partial charge in [0.1, 0.15) is 6.26 Å². The number of carbonyl (C=O) groups is 1. The van der Waals surface area contributed by atoms with E-state index in [1.807, 2.05) is 20.8 Å². The average molecular weight is 316 g/mol. The van der Waals surface area contributed by atoms with E-state index in [9.17, 15) is 18.0 Å². The van der Waals surface area contributed by atoms with Crippen molar-refractivity contribution < 1.29 is 22.4 Å². The minimum Gasteiger partial charge on any atom is -0.431 e. The molecule has 0 aliphatic carbocycles. The van der Waals surface area contributed by atoms with Crippen LogP contribution in [0.3, 0.4) is 0 Å². The third-order valence-electron chi connectivity index (χ3n) is 3.33. The lowest BCUT2D eigenvalue weighted by Gasteiger charge is -2.04. The molecule has 0 saturated carbocycles. The zero-order valence-electron chi connectivity index (χ0n) is 12.3. The first-order chi connectivity index (χ1) is 10.2. The predicted octanol–water partition coefficient (Wildman–Crippen LogP) is 2.84. The first-order valence-electron chi connectivity index (χ1n) is 6.51. The molecule has 0 fully saturated rings. The van der Waals surface area contributed by atoms with E-state index in [0.717, 1.165) is 17.0 Å². The number of nitrogens with zero attached hydrogens (tertiary/aromatic N) is 3. The molecule has 6 nitrogen and oxygen atoms in total. The number of carbonyl (C=O) groups excluding carboxylic acids is 1. The van der Waals surface area contributed by atoms with E-state index in [1.54, 1.807) is 4.68 Å². The topological polar surface area (TPSA) is 73.0 Å². The van der Waals surface area contributed by atoms with Gasteiger partial charge in [0.15, 0.2) is 5.69 Å². The Hall–Kier alpha value is -2.32. The molecule has 1 N–H and O–H groups in total. The molecule has 0 spiro atoms. The molecular formula is C13H15F3N4O2. The first-order valence-corrected chi connectivity index (χ1v) is 6.51. The molecule has 1 amide bonds. The van der Waals surface area contributed by atoms with Crippen LogP contribution in [0.2, 0.25) is 0 Å². The number of nitrogens with one attached hydrogen (secondary N) is 1. The van der Waals surface area contributed by atoms with Gasteiger partial charge in [-0.05, 0) is 26.3 Å². The lowest BCUT2D eigenvalue weighted by Crippen LogP contribution is -2.16. The highest BCUT2D eigenvalue weighted by Gasteiger charge is 2.35. The van der Waals surface area contributed by atoms with Gasteiger partial charge >= 0.3 is 12.2 Å². The van der Waals surface area contributed by atoms with Crippen LogP contribution < -0.4 is 5.32 Å². The molecule has 0 radical (unpaired) electrons. The van der Waals surface area contributed by atoms with Crippen LogP contribution in [0.4, 0.5) is 19.2 Å². The first kappa shape index (κ1) is 16.1. The van der Waals surface area contributed by atoms with E-state index < -0.39 is 23.8 Å². The summed E-state index contributed by atoms with van der Waals surface area (Å²) in [5, 5.41) is 6.46. The van der Waals surface area contributed by atoms with Gasteiger partial charge in [-0.3, -0.25) is 14.8 Å². The molecule has 2 heterocycles. The summed E-state index contributed by atoms with van der Waals surface area (Å²) in [6.45, 7) is 6.00. The number of amides is 1. The standard InChI is InChI=1S/C13H15F3N4O2/c1-7-8(2)19-20(9(7)3)5-4-11(21)18-12-17-10(6-22-12)13(14,15)16/h6H,4-5H2,1-3H3,(H,17,18,21). The fourth-order valence-corrected chi connectivity index (χ4v) is 1.85. The summed E-state index contributed by atoms with van der Waals surface area (Å²) in [7, 11) is 0. The molecule has 22 heavy (non-hydrogen) atoms. The number of halogens is 3. The van der Waals surface area contributed by atoms with Crippen LogP contribution in [0.1, 0.15) is 29.1 Å². The maximum Gasteiger partial charge on any atom is 0.436 e. The van der Waals surface area contributed by atoms with Crippen molar-refractivity contribution in [3.63, 3.8) is 0 Å². The van der Waals surface area contributed by atoms with Crippen LogP contribution in [-0.2, 0) is 17.5 Å². The van der Waals surface area contributed by atoms with Crippen molar-refractivity contribution in [1.29, 1.82) is 0 Å². The SMILES string of the molecule is Cc1nn(CCC(=O)Nc2nc(C(F)(F)F)co2)c(C)c1C. The Bertz CT molecular complexity index is 688. The molecule has 0 aliphatic heterocycles. The second-order valence-corrected chi connectivity index (χ2v) is 4.85. The summed E-state index contributed by atoms with van der Waals surface area (Å²) >= 11 is 0. The second-order valence-electron chi connectivity index (χ2n) is 4.85. The predicted molar refractivity (Wildman–Crippen MR) is 71.2 cm³/mol. The van der Waals surface area contributed by atoms with Crippen molar-refractivity contribution in [1.82, 2.24) is 14.8 Å². The number of rotatable bonds is 4. The Morgan fingerprint density at radius 2 is 2.05 bits per heavy atom. The van der Waals surface area contributed by atoms with Gasteiger partial charge in [-0.1, -0.05) is 0 Å². The van der Waals surface area contributed by atoms with Crippen LogP contribution in [0.25, 0.3) is 0 Å². The monoisotopic (exact) mass is 316 g/mol. The van der Waals surface area contributed by atoms with Crippen molar-refractivity contribution in [3.8, 4) is 0 Å². The Labute approximate surface area is 124 Å². The van der Waals surface area contributed by atoms with E-state index in [1.165, 1.54) is 0 Å². The number of anilines is 1. The number of aryl methyl sites for hydroxylation is 2. The summed E-state index contributed by atoms with van der Waals surface area (Å²) in [4.78, 5) is 14.9. The van der Waals surface area contributed by atoms with Crippen LogP contribution in [-0.4, -0.2) is 20.7 Å². The summed E-state index contributed by atoms with van der Waals surface area (Å²) in [6.07, 6.45) is -4.10. The van der Waals surface area contributed by atoms with Crippen molar-refractivity contribution in [2.45, 2.75) is 39.9 Å². The highest BCUT2D eigenvalue weighted by molar-refractivity contribution is 5.88. The summed E-state index contributed by atoms with van der Waals surface area (Å²) in [5.41, 5.74) is 1.68. The molecule has 2 rings (SSSR count). The minimum atomic E-state index is -4.60. The Kier molecular flexibility index (Phi) is 4.25. The van der Waals surface area contributed by atoms with Gasteiger partial charge in [-0.2, -0.15) is 23.3 Å². The Morgan fingerprint density at radius 1 is 1.36 bits per heavy atom. The van der Waals surface area contributed by atoms with E-state index in [0.29, 0.717) is 12.8 Å². The Balaban J connectivity index is 1.93. The minimum absolute atomic E-state index is 0.0468. The van der Waals surface area contributed by atoms with Gasteiger partial charge < -0.3 is 4.42 Å². The van der Waals surface area contributed by atoms with Crippen molar-refractivity contribution in [2.24, 2.45) is 0 Å². The van der Waals surface area contributed by atoms with Gasteiger partial charge in [0, 0.05) is 18.7 Å². The molecule has 9 heteroatoms. The fraction of sp³-hybridized carbons (Fsp3) is 0.462. The number of alkyl halides is 3. The quantitative estimate of drug-likeness (QED) is 0.941. The molecule has 0 unspecified atom stereocenters. The van der Waals surface area contributed by atoms with Crippen molar-refractivity contribution >= 4 is 11.9 Å². The molecule has 0 aliphatic rings. The summed E-state index contributed by atoms with van der Waals surface area (Å²) in [6, 6.07) is -0.470. The van der Waals surface area contributed by atoms with Gasteiger partial charge in [0.25, 0.3) is 0 Å². The largest absolute Gasteiger partial charge is 0.436 e. The van der Waals surface area contributed by atoms with E-state index in [-0.39, 0.29) is 6.42 Å². The molecule has 0 bridgehead atoms. The maximum atomic E-state index is 12.3. The van der Waals surface area contributed by atoms with Gasteiger partial charge in [0.05, 0.1) is 5.69 Å². The van der Waals surface area contributed by atoms with Crippen LogP contribution in [0.15, 0.2) is 10.7 Å². The van der Waals surface area contributed by atoms with Gasteiger partial charge in [0.2, 0.25) is 5.91 Å². The number of hydrogen-bond donors (Lipinski definition) is 1. The molecule has 0 aromatic carbocycles. The summed E-state index contributed by atoms with van der Waals surface area (Å²) < 4.78 is 43.3. The maximum absolute atomic E-state index is 12.3. The highest BCUT2D eigenvalue weighted by Crippen LogP contribution is 2.29. The number of aromatic nitrogens is 3. The smallest absolute Gasteiger partial charge is 0.431 e. The summed E-state index contributed by atoms with van der Waals surface area (Å²) in [5.74, 6) is -0.499. The van der Waals surface area contributed by atoms with Gasteiger partial charge in [-0.15, -0.1) is 0 Å². The molecule has 0 atom stereocenters. The normalized spacial score (nSPS) is 11.7. The molecular weight excluding hydrogens is 301 g/mol. The van der Waals surface area contributed by atoms with Gasteiger partial charge in [-0.25, -0.2) is 0 Å². The van der Waals surface area contributed by atoms with E-state index >= 15 is 0 Å². The molecule has 0 saturated heterocycles. The fourth-order valence-electron chi connectivity index (χ4n) is 1.85. The molecule has 2 aromatic rings. The molecule has 120 valence electrons. The Morgan fingerprint density at radius 3 is 2.55 bits per heavy atom. The highest BCUT2D eigenvalue weighted by atomic mass is 19.4. The zero-order chi connectivity index (χ0) is 16.5. The van der Waals surface area contributed by atoms with Crippen LogP contribution in [0, 0.1) is 20.8 Å². The van der Waals surface area contributed by atoms with Crippen molar-refractivity contribution in [2.75, 3.05) is 5.32 Å². The lowest BCUT2D eigenvalue weighted by molar-refractivity contribution is -0.141. The van der Waals surface area contributed by atoms with Crippen molar-refractivity contribution in [3.05, 3.63) is 28.9 Å². The second kappa shape index (κ2) is 5.82. The number of hydrogen-bond acceptors (Lipinski definition) is 4. The third-order valence-corrected chi connectivity index (χ3v) is 3.33. The van der Waals surface area contributed by atoms with E-state index in [2.05, 4.69) is 19.8 Å². The van der Waals surface area contributed by atoms with Crippen LogP contribution >= 0.6 is 0 Å². The average Bonchev–Trinajstić information content (AvgIpc) is 2.97. The number of oxazole rings is 1. The van der Waals surface area contributed by atoms with Crippen LogP contribution in [0.5, 0.6) is 0 Å². The molecule has 2 aromatic heterocycles. The lowest BCUT2D eigenvalue weighted by atomic mass is 10.2. The zero-order valence-corrected chi connectivity index (χ0v) is 12.3.